The number of carbonyl (C=O) groups excluding carboxylic acids is 1. The molecule has 0 saturated carbocycles. The molecule has 1 fully saturated rings. The Morgan fingerprint density at radius 1 is 1.17 bits per heavy atom. The first kappa shape index (κ1) is 20.7. The summed E-state index contributed by atoms with van der Waals surface area (Å²) in [5, 5.41) is 10.1. The second-order valence-electron chi connectivity index (χ2n) is 8.62. The highest BCUT2D eigenvalue weighted by Gasteiger charge is 2.36. The van der Waals surface area contributed by atoms with E-state index in [0.29, 0.717) is 13.1 Å². The van der Waals surface area contributed by atoms with Crippen molar-refractivity contribution < 1.29 is 9.78 Å². The standard InChI is InChI=1S/C24H28N4OS/c1-4-21-20-16-30-24(2,3)14-18(20)19(15-25)22(26-21)27-10-12-28(13-11-27)23(29)17-8-6-5-7-9-17/h5-9H,4,10-14,16H2,1-3H3/p+1. The molecule has 2 aliphatic rings. The molecule has 1 saturated heterocycles. The largest absolute Gasteiger partial charge is 0.331 e. The van der Waals surface area contributed by atoms with E-state index < -0.39 is 0 Å². The van der Waals surface area contributed by atoms with Gasteiger partial charge in [0.2, 0.25) is 0 Å². The second kappa shape index (κ2) is 8.31. The number of piperazine rings is 1. The zero-order chi connectivity index (χ0) is 21.3. The van der Waals surface area contributed by atoms with E-state index in [-0.39, 0.29) is 10.7 Å². The van der Waals surface area contributed by atoms with Crippen LogP contribution in [0.4, 0.5) is 5.82 Å². The van der Waals surface area contributed by atoms with E-state index in [0.717, 1.165) is 48.6 Å². The third kappa shape index (κ3) is 3.91. The number of rotatable bonds is 3. The summed E-state index contributed by atoms with van der Waals surface area (Å²) >= 11 is 1.97. The van der Waals surface area contributed by atoms with E-state index in [4.69, 9.17) is 0 Å². The quantitative estimate of drug-likeness (QED) is 0.761. The Balaban J connectivity index is 1.60. The van der Waals surface area contributed by atoms with E-state index in [1.807, 2.05) is 47.0 Å². The Kier molecular flexibility index (Phi) is 5.75. The Morgan fingerprint density at radius 3 is 2.50 bits per heavy atom. The van der Waals surface area contributed by atoms with Crippen molar-refractivity contribution in [2.45, 2.75) is 44.1 Å². The highest BCUT2D eigenvalue weighted by atomic mass is 32.2. The fraction of sp³-hybridized carbons (Fsp3) is 0.458. The summed E-state index contributed by atoms with van der Waals surface area (Å²) < 4.78 is 0.142. The predicted octanol–water partition coefficient (Wildman–Crippen LogP) is 3.47. The van der Waals surface area contributed by atoms with Crippen molar-refractivity contribution in [3.8, 4) is 6.07 Å². The van der Waals surface area contributed by atoms with E-state index >= 15 is 0 Å². The summed E-state index contributed by atoms with van der Waals surface area (Å²) in [6.07, 6.45) is 1.84. The predicted molar refractivity (Wildman–Crippen MR) is 121 cm³/mol. The third-order valence-electron chi connectivity index (χ3n) is 6.12. The van der Waals surface area contributed by atoms with Gasteiger partial charge in [0, 0.05) is 28.0 Å². The number of aromatic amines is 1. The molecule has 30 heavy (non-hydrogen) atoms. The molecule has 1 aromatic carbocycles. The van der Waals surface area contributed by atoms with Crippen LogP contribution in [0, 0.1) is 11.3 Å². The van der Waals surface area contributed by atoms with Crippen molar-refractivity contribution in [3.05, 3.63) is 58.3 Å². The fourth-order valence-electron chi connectivity index (χ4n) is 4.43. The molecular formula is C24H29N4OS+. The monoisotopic (exact) mass is 421 g/mol. The lowest BCUT2D eigenvalue weighted by molar-refractivity contribution is -0.377. The number of fused-ring (bicyclic) bond motifs is 1. The minimum atomic E-state index is 0.0817. The highest BCUT2D eigenvalue weighted by molar-refractivity contribution is 7.99. The first-order chi connectivity index (χ1) is 14.4. The number of amides is 1. The van der Waals surface area contributed by atoms with Crippen LogP contribution in [0.1, 0.15) is 53.5 Å². The second-order valence-corrected chi connectivity index (χ2v) is 10.3. The number of nitrogens with one attached hydrogen (secondary N) is 1. The van der Waals surface area contributed by atoms with Gasteiger partial charge < -0.3 is 4.90 Å². The van der Waals surface area contributed by atoms with Crippen LogP contribution in [-0.2, 0) is 18.6 Å². The lowest BCUT2D eigenvalue weighted by Gasteiger charge is -2.34. The van der Waals surface area contributed by atoms with Crippen LogP contribution in [0.2, 0.25) is 0 Å². The van der Waals surface area contributed by atoms with Crippen molar-refractivity contribution >= 4 is 23.5 Å². The highest BCUT2D eigenvalue weighted by Crippen LogP contribution is 2.41. The van der Waals surface area contributed by atoms with Crippen molar-refractivity contribution in [2.24, 2.45) is 0 Å². The first-order valence-electron chi connectivity index (χ1n) is 10.7. The van der Waals surface area contributed by atoms with Gasteiger partial charge in [0.1, 0.15) is 30.4 Å². The van der Waals surface area contributed by atoms with Gasteiger partial charge >= 0.3 is 0 Å². The normalized spacial score (nSPS) is 17.9. The topological polar surface area (TPSA) is 61.5 Å². The van der Waals surface area contributed by atoms with E-state index in [1.165, 1.54) is 16.8 Å². The maximum Gasteiger partial charge on any atom is 0.293 e. The Labute approximate surface area is 183 Å². The van der Waals surface area contributed by atoms with E-state index in [1.54, 1.807) is 0 Å². The van der Waals surface area contributed by atoms with Crippen LogP contribution in [-0.4, -0.2) is 41.7 Å². The van der Waals surface area contributed by atoms with E-state index in [2.05, 4.69) is 36.7 Å². The average molecular weight is 422 g/mol. The molecule has 6 heteroatoms. The summed E-state index contributed by atoms with van der Waals surface area (Å²) in [6, 6.07) is 12.0. The minimum Gasteiger partial charge on any atom is -0.331 e. The maximum atomic E-state index is 12.8. The Morgan fingerprint density at radius 2 is 1.87 bits per heavy atom. The zero-order valence-corrected chi connectivity index (χ0v) is 18.8. The number of pyridine rings is 1. The number of benzene rings is 1. The van der Waals surface area contributed by atoms with Gasteiger partial charge in [-0.15, -0.1) is 0 Å². The van der Waals surface area contributed by atoms with Crippen LogP contribution in [0.3, 0.4) is 0 Å². The lowest BCUT2D eigenvalue weighted by atomic mass is 9.91. The number of nitriles is 1. The number of anilines is 1. The molecule has 1 amide bonds. The number of hydrogen-bond acceptors (Lipinski definition) is 4. The molecule has 0 radical (unpaired) electrons. The molecule has 2 aromatic rings. The number of H-pyrrole nitrogens is 1. The summed E-state index contributed by atoms with van der Waals surface area (Å²) in [5.41, 5.74) is 5.30. The smallest absolute Gasteiger partial charge is 0.293 e. The van der Waals surface area contributed by atoms with Crippen LogP contribution < -0.4 is 9.88 Å². The molecule has 5 nitrogen and oxygen atoms in total. The number of nitrogens with zero attached hydrogens (tertiary/aromatic N) is 3. The van der Waals surface area contributed by atoms with Gasteiger partial charge in [0.05, 0.1) is 13.1 Å². The molecule has 1 N–H and O–H groups in total. The minimum absolute atomic E-state index is 0.0817. The van der Waals surface area contributed by atoms with Crippen molar-refractivity contribution in [2.75, 3.05) is 31.1 Å². The maximum absolute atomic E-state index is 12.8. The van der Waals surface area contributed by atoms with Crippen LogP contribution in [0.15, 0.2) is 30.3 Å². The molecule has 0 spiro atoms. The first-order valence-corrected chi connectivity index (χ1v) is 11.7. The molecule has 1 aromatic heterocycles. The summed E-state index contributed by atoms with van der Waals surface area (Å²) in [4.78, 5) is 20.5. The summed E-state index contributed by atoms with van der Waals surface area (Å²) in [7, 11) is 0. The van der Waals surface area contributed by atoms with Gasteiger partial charge in [0.25, 0.3) is 11.7 Å². The molecule has 0 atom stereocenters. The van der Waals surface area contributed by atoms with Crippen molar-refractivity contribution in [1.82, 2.24) is 4.90 Å². The summed E-state index contributed by atoms with van der Waals surface area (Å²) in [6.45, 7) is 9.46. The van der Waals surface area contributed by atoms with Crippen LogP contribution >= 0.6 is 11.8 Å². The Bertz CT molecular complexity index is 989. The van der Waals surface area contributed by atoms with Crippen LogP contribution in [0.25, 0.3) is 0 Å². The van der Waals surface area contributed by atoms with Crippen molar-refractivity contribution in [3.63, 3.8) is 0 Å². The van der Waals surface area contributed by atoms with E-state index in [9.17, 15) is 10.1 Å². The third-order valence-corrected chi connectivity index (χ3v) is 7.47. The fourth-order valence-corrected chi connectivity index (χ4v) is 5.56. The average Bonchev–Trinajstić information content (AvgIpc) is 2.77. The molecule has 0 aliphatic carbocycles. The van der Waals surface area contributed by atoms with Gasteiger partial charge in [-0.25, -0.2) is 4.98 Å². The molecule has 0 unspecified atom stereocenters. The van der Waals surface area contributed by atoms with Gasteiger partial charge in [-0.3, -0.25) is 9.69 Å². The number of thioether (sulfide) groups is 1. The SMILES string of the molecule is CCc1[nH+]c(N2CCN(C(=O)c3ccccc3)CC2)c(C#N)c2c1CSC(C)(C)C2. The van der Waals surface area contributed by atoms with Crippen molar-refractivity contribution in [1.29, 1.82) is 5.26 Å². The molecule has 4 rings (SSSR count). The Hall–Kier alpha value is -2.52. The number of hydrogen-bond donors (Lipinski definition) is 0. The van der Waals surface area contributed by atoms with Gasteiger partial charge in [0.15, 0.2) is 0 Å². The molecule has 2 aliphatic heterocycles. The van der Waals surface area contributed by atoms with Gasteiger partial charge in [-0.2, -0.15) is 17.0 Å². The molecule has 3 heterocycles. The summed E-state index contributed by atoms with van der Waals surface area (Å²) in [5.74, 6) is 1.97. The molecule has 156 valence electrons. The van der Waals surface area contributed by atoms with Gasteiger partial charge in [-0.05, 0) is 24.1 Å². The van der Waals surface area contributed by atoms with Crippen LogP contribution in [0.5, 0.6) is 0 Å². The zero-order valence-electron chi connectivity index (χ0n) is 18.0. The molecule has 0 bridgehead atoms. The molecular weight excluding hydrogens is 392 g/mol. The number of aryl methyl sites for hydroxylation is 1. The number of carbonyl (C=O) groups is 1. The lowest BCUT2D eigenvalue weighted by Crippen LogP contribution is -2.50. The van der Waals surface area contributed by atoms with Gasteiger partial charge in [-0.1, -0.05) is 39.0 Å². The number of aromatic nitrogens is 1.